The third kappa shape index (κ3) is 4.28. The van der Waals surface area contributed by atoms with E-state index in [0.29, 0.717) is 17.3 Å². The van der Waals surface area contributed by atoms with E-state index in [1.54, 1.807) is 0 Å². The van der Waals surface area contributed by atoms with Crippen molar-refractivity contribution in [1.29, 1.82) is 0 Å². The van der Waals surface area contributed by atoms with Crippen LogP contribution in [-0.4, -0.2) is 51.2 Å². The number of nitrogens with zero attached hydrogens (tertiary/aromatic N) is 5. The van der Waals surface area contributed by atoms with Gasteiger partial charge in [0.2, 0.25) is 5.95 Å². The van der Waals surface area contributed by atoms with Crippen LogP contribution in [0.1, 0.15) is 23.1 Å². The first-order chi connectivity index (χ1) is 18.4. The third-order valence-corrected chi connectivity index (χ3v) is 7.60. The quantitative estimate of drug-likeness (QED) is 0.423. The number of piperazine rings is 1. The van der Waals surface area contributed by atoms with E-state index in [9.17, 15) is 14.3 Å². The molecular weight excluding hydrogens is 483 g/mol. The van der Waals surface area contributed by atoms with Crippen LogP contribution >= 0.6 is 0 Å². The van der Waals surface area contributed by atoms with Crippen molar-refractivity contribution >= 4 is 23.2 Å². The summed E-state index contributed by atoms with van der Waals surface area (Å²) in [6.45, 7) is 4.24. The molecule has 194 valence electrons. The molecule has 4 heterocycles. The van der Waals surface area contributed by atoms with Crippen molar-refractivity contribution in [3.8, 4) is 11.1 Å². The van der Waals surface area contributed by atoms with Gasteiger partial charge in [-0.2, -0.15) is 0 Å². The lowest BCUT2D eigenvalue weighted by Gasteiger charge is -2.39. The second kappa shape index (κ2) is 9.57. The molecule has 9 heteroatoms. The standard InChI is InChI=1S/C29H29FN6O2/c1-18-12-24(19-6-4-3-5-7-19)26(34(18)2)27(37)28(38)33-22-8-9-25-20(13-22)14-23-17-35(10-11-36(23)25)29-31-15-21(30)16-32-29/h3-9,12-13,15-16,23,27,37H,10-11,14,17H2,1-2H3,(H,33,38)/t23?,27-/m1/s1. The highest BCUT2D eigenvalue weighted by atomic mass is 19.1. The van der Waals surface area contributed by atoms with Crippen LogP contribution in [0, 0.1) is 12.7 Å². The zero-order valence-corrected chi connectivity index (χ0v) is 21.3. The Kier molecular flexibility index (Phi) is 6.07. The molecule has 1 amide bonds. The van der Waals surface area contributed by atoms with E-state index in [4.69, 9.17) is 0 Å². The van der Waals surface area contributed by atoms with Crippen molar-refractivity contribution in [3.63, 3.8) is 0 Å². The summed E-state index contributed by atoms with van der Waals surface area (Å²) in [4.78, 5) is 25.9. The number of nitrogens with one attached hydrogen (secondary N) is 1. The highest BCUT2D eigenvalue weighted by Gasteiger charge is 2.35. The number of aliphatic hydroxyl groups is 1. The van der Waals surface area contributed by atoms with Gasteiger partial charge < -0.3 is 24.8 Å². The number of hydrogen-bond donors (Lipinski definition) is 2. The van der Waals surface area contributed by atoms with E-state index in [2.05, 4.69) is 25.1 Å². The first kappa shape index (κ1) is 24.1. The van der Waals surface area contributed by atoms with Crippen LogP contribution < -0.4 is 15.1 Å². The van der Waals surface area contributed by atoms with Crippen LogP contribution in [0.15, 0.2) is 67.0 Å². The van der Waals surface area contributed by atoms with Crippen molar-refractivity contribution in [3.05, 3.63) is 89.8 Å². The van der Waals surface area contributed by atoms with Crippen LogP contribution in [0.4, 0.5) is 21.7 Å². The Morgan fingerprint density at radius 2 is 1.87 bits per heavy atom. The van der Waals surface area contributed by atoms with E-state index in [1.165, 1.54) is 12.4 Å². The zero-order valence-electron chi connectivity index (χ0n) is 21.3. The Morgan fingerprint density at radius 1 is 1.11 bits per heavy atom. The fraction of sp³-hybridized carbons (Fsp3) is 0.276. The van der Waals surface area contributed by atoms with Gasteiger partial charge in [0.15, 0.2) is 11.9 Å². The van der Waals surface area contributed by atoms with Gasteiger partial charge in [0.1, 0.15) is 0 Å². The first-order valence-corrected chi connectivity index (χ1v) is 12.7. The maximum absolute atomic E-state index is 13.2. The second-order valence-electron chi connectivity index (χ2n) is 9.94. The molecule has 2 aromatic heterocycles. The summed E-state index contributed by atoms with van der Waals surface area (Å²) in [5.74, 6) is -0.382. The van der Waals surface area contributed by atoms with Gasteiger partial charge >= 0.3 is 0 Å². The highest BCUT2D eigenvalue weighted by Crippen LogP contribution is 2.37. The Labute approximate surface area is 220 Å². The van der Waals surface area contributed by atoms with Crippen LogP contribution in [0.3, 0.4) is 0 Å². The summed E-state index contributed by atoms with van der Waals surface area (Å²) in [6.07, 6.45) is 1.88. The lowest BCUT2D eigenvalue weighted by Crippen LogP contribution is -2.52. The molecule has 38 heavy (non-hydrogen) atoms. The summed E-state index contributed by atoms with van der Waals surface area (Å²) in [6, 6.07) is 17.9. The molecule has 1 saturated heterocycles. The van der Waals surface area contributed by atoms with E-state index in [-0.39, 0.29) is 6.04 Å². The zero-order chi connectivity index (χ0) is 26.4. The maximum Gasteiger partial charge on any atom is 0.259 e. The molecule has 2 atom stereocenters. The number of aromatic nitrogens is 3. The predicted octanol–water partition coefficient (Wildman–Crippen LogP) is 3.85. The number of aryl methyl sites for hydroxylation is 1. The molecule has 6 rings (SSSR count). The number of rotatable bonds is 5. The van der Waals surface area contributed by atoms with Gasteiger partial charge in [-0.25, -0.2) is 14.4 Å². The van der Waals surface area contributed by atoms with Crippen LogP contribution in [0.25, 0.3) is 11.1 Å². The number of carbonyl (C=O) groups is 1. The molecule has 0 bridgehead atoms. The molecular formula is C29H29FN6O2. The van der Waals surface area contributed by atoms with Crippen molar-refractivity contribution < 1.29 is 14.3 Å². The summed E-state index contributed by atoms with van der Waals surface area (Å²) in [5, 5.41) is 14.0. The number of aliphatic hydroxyl groups excluding tert-OH is 1. The van der Waals surface area contributed by atoms with Crippen molar-refractivity contribution in [2.75, 3.05) is 34.8 Å². The topological polar surface area (TPSA) is 86.5 Å². The van der Waals surface area contributed by atoms with Crippen LogP contribution in [-0.2, 0) is 18.3 Å². The Bertz CT molecular complexity index is 1490. The first-order valence-electron chi connectivity index (χ1n) is 12.7. The van der Waals surface area contributed by atoms with Gasteiger partial charge in [-0.15, -0.1) is 0 Å². The normalized spacial score (nSPS) is 17.2. The Balaban J connectivity index is 1.18. The summed E-state index contributed by atoms with van der Waals surface area (Å²) >= 11 is 0. The molecule has 2 aliphatic heterocycles. The molecule has 0 spiro atoms. The largest absolute Gasteiger partial charge is 0.377 e. The number of hydrogen-bond acceptors (Lipinski definition) is 6. The van der Waals surface area contributed by atoms with E-state index < -0.39 is 17.8 Å². The number of carbonyl (C=O) groups excluding carboxylic acids is 1. The third-order valence-electron chi connectivity index (χ3n) is 7.60. The van der Waals surface area contributed by atoms with Crippen molar-refractivity contribution in [1.82, 2.24) is 14.5 Å². The lowest BCUT2D eigenvalue weighted by atomic mass is 10.0. The molecule has 0 saturated carbocycles. The number of fused-ring (bicyclic) bond motifs is 3. The molecule has 1 fully saturated rings. The molecule has 0 radical (unpaired) electrons. The van der Waals surface area contributed by atoms with Crippen LogP contribution in [0.5, 0.6) is 0 Å². The highest BCUT2D eigenvalue weighted by molar-refractivity contribution is 5.96. The molecule has 2 aromatic carbocycles. The van der Waals surface area contributed by atoms with E-state index in [1.807, 2.05) is 73.1 Å². The fourth-order valence-electron chi connectivity index (χ4n) is 5.62. The summed E-state index contributed by atoms with van der Waals surface area (Å²) < 4.78 is 15.1. The minimum Gasteiger partial charge on any atom is -0.377 e. The number of halogens is 1. The molecule has 1 unspecified atom stereocenters. The average molecular weight is 513 g/mol. The molecule has 0 aliphatic carbocycles. The number of amides is 1. The number of anilines is 3. The Morgan fingerprint density at radius 3 is 2.63 bits per heavy atom. The molecule has 2 N–H and O–H groups in total. The SMILES string of the molecule is Cc1cc(-c2ccccc2)c([C@@H](O)C(=O)Nc2ccc3c(c2)CC2CN(c4ncc(F)cn4)CCN32)n1C. The van der Waals surface area contributed by atoms with E-state index in [0.717, 1.165) is 54.1 Å². The minimum absolute atomic E-state index is 0.240. The van der Waals surface area contributed by atoms with Crippen molar-refractivity contribution in [2.45, 2.75) is 25.5 Å². The lowest BCUT2D eigenvalue weighted by molar-refractivity contribution is -0.124. The summed E-state index contributed by atoms with van der Waals surface area (Å²) in [7, 11) is 1.86. The van der Waals surface area contributed by atoms with Gasteiger partial charge in [0.05, 0.1) is 24.1 Å². The monoisotopic (exact) mass is 512 g/mol. The molecule has 4 aromatic rings. The van der Waals surface area contributed by atoms with Gasteiger partial charge in [0, 0.05) is 49.3 Å². The smallest absolute Gasteiger partial charge is 0.259 e. The average Bonchev–Trinajstić information content (AvgIpc) is 3.44. The van der Waals surface area contributed by atoms with Gasteiger partial charge in [-0.05, 0) is 48.7 Å². The van der Waals surface area contributed by atoms with Crippen LogP contribution in [0.2, 0.25) is 0 Å². The van der Waals surface area contributed by atoms with E-state index >= 15 is 0 Å². The van der Waals surface area contributed by atoms with Gasteiger partial charge in [0.25, 0.3) is 5.91 Å². The molecule has 2 aliphatic rings. The second-order valence-corrected chi connectivity index (χ2v) is 9.94. The summed E-state index contributed by atoms with van der Waals surface area (Å²) in [5.41, 5.74) is 6.26. The maximum atomic E-state index is 13.2. The Hall–Kier alpha value is -4.24. The van der Waals surface area contributed by atoms with Crippen molar-refractivity contribution in [2.24, 2.45) is 7.05 Å². The minimum atomic E-state index is -1.33. The predicted molar refractivity (Wildman–Crippen MR) is 145 cm³/mol. The van der Waals surface area contributed by atoms with Gasteiger partial charge in [-0.1, -0.05) is 30.3 Å². The van der Waals surface area contributed by atoms with Gasteiger partial charge in [-0.3, -0.25) is 4.79 Å². The number of benzene rings is 2. The molecule has 8 nitrogen and oxygen atoms in total. The fourth-order valence-corrected chi connectivity index (χ4v) is 5.62.